The molecule has 4 fully saturated rings. The van der Waals surface area contributed by atoms with E-state index in [1.165, 1.54) is 18.4 Å². The largest absolute Gasteiger partial charge is 0.381 e. The van der Waals surface area contributed by atoms with Crippen LogP contribution in [0.2, 0.25) is 10.0 Å². The van der Waals surface area contributed by atoms with E-state index in [0.29, 0.717) is 71.8 Å². The number of sulfonamides is 1. The number of amides is 1. The van der Waals surface area contributed by atoms with Crippen LogP contribution in [-0.4, -0.2) is 61.7 Å². The van der Waals surface area contributed by atoms with Gasteiger partial charge in [0, 0.05) is 48.5 Å². The molecular weight excluding hydrogens is 611 g/mol. The number of anilines is 1. The fourth-order valence-corrected chi connectivity index (χ4v) is 8.79. The topological polar surface area (TPSA) is 114 Å². The van der Waals surface area contributed by atoms with Crippen molar-refractivity contribution in [2.24, 2.45) is 5.92 Å². The highest BCUT2D eigenvalue weighted by atomic mass is 35.5. The highest BCUT2D eigenvalue weighted by Gasteiger charge is 2.45. The van der Waals surface area contributed by atoms with Crippen LogP contribution >= 0.6 is 23.2 Å². The second kappa shape index (κ2) is 11.7. The summed E-state index contributed by atoms with van der Waals surface area (Å²) in [6.07, 6.45) is 5.27. The zero-order valence-electron chi connectivity index (χ0n) is 23.6. The molecule has 2 aliphatic heterocycles. The lowest BCUT2D eigenvalue weighted by Gasteiger charge is -2.33. The SMILES string of the molecule is O=C(NS(=O)(=O)C1CCOCC1)c1ccc(N2C[C@@H]3C[C@H]2C[C@H]3OCc2cc(-c3c(Cl)cc(C4CC4)cc3Cl)n[nH]2)cc1. The number of H-pyrrole nitrogens is 1. The van der Waals surface area contributed by atoms with Crippen LogP contribution in [0.1, 0.15) is 66.1 Å². The van der Waals surface area contributed by atoms with Crippen LogP contribution < -0.4 is 9.62 Å². The lowest BCUT2D eigenvalue weighted by atomic mass is 10.0. The van der Waals surface area contributed by atoms with Crippen molar-refractivity contribution in [1.29, 1.82) is 0 Å². The molecule has 0 spiro atoms. The van der Waals surface area contributed by atoms with Gasteiger partial charge in [0.25, 0.3) is 5.91 Å². The quantitative estimate of drug-likeness (QED) is 0.308. The van der Waals surface area contributed by atoms with Crippen LogP contribution in [0.3, 0.4) is 0 Å². The molecule has 2 saturated carbocycles. The molecule has 0 radical (unpaired) electrons. The Labute approximate surface area is 261 Å². The van der Waals surface area contributed by atoms with Gasteiger partial charge in [-0.2, -0.15) is 5.10 Å². The van der Waals surface area contributed by atoms with Crippen molar-refractivity contribution in [3.05, 3.63) is 69.3 Å². The van der Waals surface area contributed by atoms with Crippen LogP contribution in [0.5, 0.6) is 0 Å². The van der Waals surface area contributed by atoms with Crippen molar-refractivity contribution in [1.82, 2.24) is 14.9 Å². The number of carbonyl (C=O) groups excluding carboxylic acids is 1. The Morgan fingerprint density at radius 1 is 1.05 bits per heavy atom. The Kier molecular flexibility index (Phi) is 7.92. The molecule has 12 heteroatoms. The van der Waals surface area contributed by atoms with Gasteiger partial charge in [0.2, 0.25) is 10.0 Å². The fraction of sp³-hybridized carbons (Fsp3) is 0.484. The molecule has 1 amide bonds. The van der Waals surface area contributed by atoms with E-state index in [0.717, 1.165) is 36.3 Å². The van der Waals surface area contributed by atoms with Gasteiger partial charge in [0.05, 0.1) is 39.4 Å². The molecule has 2 N–H and O–H groups in total. The van der Waals surface area contributed by atoms with E-state index in [-0.39, 0.29) is 6.10 Å². The molecule has 2 aromatic carbocycles. The average molecular weight is 646 g/mol. The summed E-state index contributed by atoms with van der Waals surface area (Å²) in [5.41, 5.74) is 4.88. The molecule has 1 aromatic heterocycles. The normalized spacial score (nSPS) is 24.0. The minimum absolute atomic E-state index is 0.151. The number of benzene rings is 2. The third-order valence-corrected chi connectivity index (χ3v) is 11.6. The Morgan fingerprint density at radius 3 is 2.42 bits per heavy atom. The van der Waals surface area contributed by atoms with Gasteiger partial charge in [-0.1, -0.05) is 23.2 Å². The Morgan fingerprint density at radius 2 is 1.77 bits per heavy atom. The molecular formula is C31H34Cl2N4O5S. The van der Waals surface area contributed by atoms with Crippen LogP contribution in [0.25, 0.3) is 11.3 Å². The first-order chi connectivity index (χ1) is 20.7. The van der Waals surface area contributed by atoms with E-state index in [1.807, 2.05) is 30.3 Å². The van der Waals surface area contributed by atoms with E-state index in [2.05, 4.69) is 19.8 Å². The molecule has 7 rings (SSSR count). The molecule has 3 atom stereocenters. The third kappa shape index (κ3) is 6.04. The summed E-state index contributed by atoms with van der Waals surface area (Å²) in [6, 6.07) is 13.5. The average Bonchev–Trinajstić information content (AvgIpc) is 3.42. The summed E-state index contributed by atoms with van der Waals surface area (Å²) in [6.45, 7) is 2.08. The smallest absolute Gasteiger partial charge is 0.264 e. The molecule has 2 aliphatic carbocycles. The molecule has 2 saturated heterocycles. The fourth-order valence-electron chi connectivity index (χ4n) is 6.74. The first-order valence-electron chi connectivity index (χ1n) is 14.9. The van der Waals surface area contributed by atoms with Gasteiger partial charge in [-0.3, -0.25) is 9.89 Å². The second-order valence-corrected chi connectivity index (χ2v) is 14.9. The number of piperidine rings is 1. The Bertz CT molecular complexity index is 1600. The number of aromatic amines is 1. The zero-order valence-corrected chi connectivity index (χ0v) is 25.9. The maximum Gasteiger partial charge on any atom is 0.264 e. The van der Waals surface area contributed by atoms with Crippen LogP contribution in [0, 0.1) is 5.92 Å². The maximum atomic E-state index is 12.7. The van der Waals surface area contributed by atoms with Crippen molar-refractivity contribution < 1.29 is 22.7 Å². The van der Waals surface area contributed by atoms with Crippen LogP contribution in [0.4, 0.5) is 5.69 Å². The minimum Gasteiger partial charge on any atom is -0.381 e. The highest BCUT2D eigenvalue weighted by Crippen LogP contribution is 2.45. The van der Waals surface area contributed by atoms with Gasteiger partial charge >= 0.3 is 0 Å². The predicted molar refractivity (Wildman–Crippen MR) is 165 cm³/mol. The number of rotatable bonds is 9. The summed E-state index contributed by atoms with van der Waals surface area (Å²) >= 11 is 13.2. The first-order valence-corrected chi connectivity index (χ1v) is 17.2. The van der Waals surface area contributed by atoms with Gasteiger partial charge in [0.15, 0.2) is 0 Å². The molecule has 3 aromatic rings. The number of nitrogens with zero attached hydrogens (tertiary/aromatic N) is 2. The predicted octanol–water partition coefficient (Wildman–Crippen LogP) is 5.68. The molecule has 0 unspecified atom stereocenters. The van der Waals surface area contributed by atoms with Crippen molar-refractivity contribution in [2.45, 2.75) is 68.4 Å². The Balaban J connectivity index is 0.925. The Hall–Kier alpha value is -2.63. The number of ether oxygens (including phenoxy) is 2. The van der Waals surface area contributed by atoms with Crippen molar-refractivity contribution in [2.75, 3.05) is 24.7 Å². The summed E-state index contributed by atoms with van der Waals surface area (Å²) in [5.74, 6) is 0.374. The van der Waals surface area contributed by atoms with Gasteiger partial charge in [-0.25, -0.2) is 13.1 Å². The van der Waals surface area contributed by atoms with E-state index < -0.39 is 21.2 Å². The minimum atomic E-state index is -3.74. The van der Waals surface area contributed by atoms with Gasteiger partial charge < -0.3 is 14.4 Å². The molecule has 43 heavy (non-hydrogen) atoms. The lowest BCUT2D eigenvalue weighted by Crippen LogP contribution is -2.41. The van der Waals surface area contributed by atoms with Crippen molar-refractivity contribution in [3.8, 4) is 11.3 Å². The van der Waals surface area contributed by atoms with Crippen molar-refractivity contribution in [3.63, 3.8) is 0 Å². The van der Waals surface area contributed by atoms with E-state index in [9.17, 15) is 13.2 Å². The number of carbonyl (C=O) groups is 1. The third-order valence-electron chi connectivity index (χ3n) is 9.23. The summed E-state index contributed by atoms with van der Waals surface area (Å²) in [4.78, 5) is 15.0. The van der Waals surface area contributed by atoms with Gasteiger partial charge in [0.1, 0.15) is 0 Å². The molecule has 3 heterocycles. The highest BCUT2D eigenvalue weighted by molar-refractivity contribution is 7.90. The number of aromatic nitrogens is 2. The number of fused-ring (bicyclic) bond motifs is 2. The number of hydrogen-bond donors (Lipinski definition) is 2. The summed E-state index contributed by atoms with van der Waals surface area (Å²) < 4.78 is 39.0. The standard InChI is InChI=1S/C31H34Cl2N4O5S/c32-26-12-20(18-1-2-18)13-27(33)30(26)28-14-22(34-35-28)17-42-29-15-24-11-21(29)16-37(24)23-5-3-19(4-6-23)31(38)36-43(39,40)25-7-9-41-10-8-25/h3-6,12-14,18,21,24-25,29H,1-2,7-11,15-17H2,(H,34,35)(H,36,38)/t21-,24-,29+/m0/s1. The number of nitrogens with one attached hydrogen (secondary N) is 2. The van der Waals surface area contributed by atoms with E-state index in [1.54, 1.807) is 12.1 Å². The zero-order chi connectivity index (χ0) is 29.7. The summed E-state index contributed by atoms with van der Waals surface area (Å²) in [7, 11) is -3.74. The molecule has 2 bridgehead atoms. The lowest BCUT2D eigenvalue weighted by molar-refractivity contribution is 0.0111. The number of halogens is 2. The van der Waals surface area contributed by atoms with E-state index >= 15 is 0 Å². The monoisotopic (exact) mass is 644 g/mol. The van der Waals surface area contributed by atoms with Crippen LogP contribution in [-0.2, 0) is 26.1 Å². The second-order valence-electron chi connectivity index (χ2n) is 12.1. The van der Waals surface area contributed by atoms with Gasteiger partial charge in [-0.15, -0.1) is 0 Å². The number of hydrogen-bond acceptors (Lipinski definition) is 7. The summed E-state index contributed by atoms with van der Waals surface area (Å²) in [5, 5.41) is 8.18. The molecule has 228 valence electrons. The maximum absolute atomic E-state index is 12.7. The van der Waals surface area contributed by atoms with E-state index in [4.69, 9.17) is 32.7 Å². The first kappa shape index (κ1) is 29.1. The van der Waals surface area contributed by atoms with Crippen LogP contribution in [0.15, 0.2) is 42.5 Å². The molecule has 9 nitrogen and oxygen atoms in total. The molecule has 4 aliphatic rings. The van der Waals surface area contributed by atoms with Crippen molar-refractivity contribution >= 4 is 44.8 Å². The van der Waals surface area contributed by atoms with Gasteiger partial charge in [-0.05, 0) is 92.5 Å².